The third-order valence-electron chi connectivity index (χ3n) is 7.19. The highest BCUT2D eigenvalue weighted by molar-refractivity contribution is 8.00. The third kappa shape index (κ3) is 4.47. The molecule has 5 heterocycles. The molecular formula is C27H25N3O8S2. The maximum absolute atomic E-state index is 13.9. The highest BCUT2D eigenvalue weighted by Gasteiger charge is 2.57. The number of imide groups is 1. The Morgan fingerprint density at radius 1 is 1.05 bits per heavy atom. The van der Waals surface area contributed by atoms with E-state index in [1.165, 1.54) is 23.0 Å². The number of carbonyl (C=O) groups is 4. The minimum absolute atomic E-state index is 0.166. The molecule has 11 nitrogen and oxygen atoms in total. The van der Waals surface area contributed by atoms with Crippen LogP contribution < -0.4 is 9.77 Å². The summed E-state index contributed by atoms with van der Waals surface area (Å²) in [4.78, 5) is 69.0. The monoisotopic (exact) mass is 583 g/mol. The highest BCUT2D eigenvalue weighted by Crippen LogP contribution is 2.53. The molecule has 3 aliphatic heterocycles. The molecule has 3 aromatic rings. The zero-order valence-electron chi connectivity index (χ0n) is 21.4. The predicted molar refractivity (Wildman–Crippen MR) is 145 cm³/mol. The molecule has 3 unspecified atom stereocenters. The Labute approximate surface area is 236 Å². The van der Waals surface area contributed by atoms with Crippen LogP contribution in [0.1, 0.15) is 33.8 Å². The molecule has 6 rings (SSSR count). The molecule has 13 heteroatoms. The van der Waals surface area contributed by atoms with Gasteiger partial charge in [-0.25, -0.2) is 9.69 Å². The molecular weight excluding hydrogens is 558 g/mol. The molecule has 0 spiro atoms. The van der Waals surface area contributed by atoms with Crippen LogP contribution in [0.3, 0.4) is 0 Å². The van der Waals surface area contributed by atoms with E-state index < -0.39 is 34.9 Å². The molecule has 0 aliphatic carbocycles. The van der Waals surface area contributed by atoms with Crippen molar-refractivity contribution in [2.75, 3.05) is 37.8 Å². The van der Waals surface area contributed by atoms with Gasteiger partial charge in [0.25, 0.3) is 0 Å². The standard InChI is InChI=1S/C27H25N3O8S2/c1-2-37-26(34)15-5-7-16(8-6-15)30-23(32)20-19(17-4-3-11-38-17)22-25(39-21(20)24(30)33)29(27(35)40-22)14-18(31)28-9-12-36-13-10-28/h3-8,11,19-21H,2,9-10,12-14H2,1H3. The number of thiazole rings is 1. The van der Waals surface area contributed by atoms with Crippen molar-refractivity contribution in [3.8, 4) is 0 Å². The van der Waals surface area contributed by atoms with Crippen LogP contribution in [-0.4, -0.2) is 71.3 Å². The fraction of sp³-hybridized carbons (Fsp3) is 0.370. The Morgan fingerprint density at radius 2 is 1.80 bits per heavy atom. The van der Waals surface area contributed by atoms with E-state index in [-0.39, 0.29) is 23.9 Å². The number of esters is 1. The van der Waals surface area contributed by atoms with E-state index in [1.54, 1.807) is 36.1 Å². The molecule has 208 valence electrons. The molecule has 2 fully saturated rings. The molecule has 2 saturated heterocycles. The van der Waals surface area contributed by atoms with Crippen molar-refractivity contribution in [2.45, 2.75) is 29.7 Å². The molecule has 3 atom stereocenters. The number of morpholine rings is 1. The van der Waals surface area contributed by atoms with E-state index in [0.717, 1.165) is 28.0 Å². The summed E-state index contributed by atoms with van der Waals surface area (Å²) < 4.78 is 17.5. The maximum atomic E-state index is 13.9. The van der Waals surface area contributed by atoms with Gasteiger partial charge in [-0.3, -0.25) is 23.7 Å². The second-order valence-electron chi connectivity index (χ2n) is 9.45. The summed E-state index contributed by atoms with van der Waals surface area (Å²) in [6.45, 7) is 3.54. The van der Waals surface area contributed by atoms with Crippen LogP contribution in [0.15, 0.2) is 56.9 Å². The number of hydrogen-bond acceptors (Lipinski definition) is 10. The van der Waals surface area contributed by atoms with Crippen molar-refractivity contribution in [2.24, 2.45) is 5.92 Å². The number of furan rings is 1. The molecule has 0 radical (unpaired) electrons. The summed E-state index contributed by atoms with van der Waals surface area (Å²) in [5.41, 5.74) is 0.639. The van der Waals surface area contributed by atoms with Crippen LogP contribution in [0.5, 0.6) is 0 Å². The first kappa shape index (κ1) is 26.5. The first-order chi connectivity index (χ1) is 19.4. The van der Waals surface area contributed by atoms with E-state index in [2.05, 4.69) is 0 Å². The Balaban J connectivity index is 1.36. The van der Waals surface area contributed by atoms with Crippen LogP contribution in [-0.2, 0) is 30.4 Å². The summed E-state index contributed by atoms with van der Waals surface area (Å²) in [7, 11) is 0. The second kappa shape index (κ2) is 10.7. The zero-order chi connectivity index (χ0) is 28.0. The zero-order valence-corrected chi connectivity index (χ0v) is 23.1. The van der Waals surface area contributed by atoms with Crippen molar-refractivity contribution in [1.82, 2.24) is 9.47 Å². The van der Waals surface area contributed by atoms with Crippen LogP contribution in [0.2, 0.25) is 0 Å². The quantitative estimate of drug-likeness (QED) is 0.317. The number of aromatic nitrogens is 1. The maximum Gasteiger partial charge on any atom is 0.338 e. The smallest absolute Gasteiger partial charge is 0.338 e. The second-order valence-corrected chi connectivity index (χ2v) is 11.6. The summed E-state index contributed by atoms with van der Waals surface area (Å²) in [6.07, 6.45) is 1.49. The van der Waals surface area contributed by atoms with Gasteiger partial charge in [0.1, 0.15) is 17.6 Å². The molecule has 0 N–H and O–H groups in total. The minimum atomic E-state index is -0.835. The van der Waals surface area contributed by atoms with Crippen molar-refractivity contribution < 1.29 is 33.1 Å². The van der Waals surface area contributed by atoms with Crippen molar-refractivity contribution >= 4 is 52.5 Å². The van der Waals surface area contributed by atoms with Gasteiger partial charge in [0.2, 0.25) is 17.7 Å². The lowest BCUT2D eigenvalue weighted by Gasteiger charge is -2.30. The van der Waals surface area contributed by atoms with Crippen LogP contribution >= 0.6 is 23.1 Å². The van der Waals surface area contributed by atoms with Gasteiger partial charge in [0, 0.05) is 13.1 Å². The Kier molecular flexibility index (Phi) is 7.11. The number of carbonyl (C=O) groups excluding carboxylic acids is 4. The number of thioether (sulfide) groups is 1. The number of ether oxygens (including phenoxy) is 2. The number of fused-ring (bicyclic) bond motifs is 2. The topological polar surface area (TPSA) is 128 Å². The van der Waals surface area contributed by atoms with Crippen LogP contribution in [0.4, 0.5) is 5.69 Å². The van der Waals surface area contributed by atoms with Crippen molar-refractivity contribution in [1.29, 1.82) is 0 Å². The number of rotatable bonds is 6. The summed E-state index contributed by atoms with van der Waals surface area (Å²) in [5.74, 6) is -2.59. The number of nitrogens with zero attached hydrogens (tertiary/aromatic N) is 3. The average molecular weight is 584 g/mol. The lowest BCUT2D eigenvalue weighted by Crippen LogP contribution is -2.43. The fourth-order valence-corrected chi connectivity index (χ4v) is 8.05. The van der Waals surface area contributed by atoms with Gasteiger partial charge in [0.05, 0.1) is 59.1 Å². The molecule has 1 aromatic carbocycles. The molecule has 3 aliphatic rings. The number of amides is 3. The lowest BCUT2D eigenvalue weighted by atomic mass is 9.87. The Bertz CT molecular complexity index is 1520. The Morgan fingerprint density at radius 3 is 2.48 bits per heavy atom. The van der Waals surface area contributed by atoms with Gasteiger partial charge >= 0.3 is 10.8 Å². The SMILES string of the molecule is CCOC(=O)c1ccc(N2C(=O)C3Sc4c(sc(=O)n4CC(=O)N4CCOCC4)C(c4ccco4)C3C2=O)cc1. The number of hydrogen-bond donors (Lipinski definition) is 0. The van der Waals surface area contributed by atoms with Crippen molar-refractivity contribution in [3.05, 3.63) is 68.5 Å². The number of anilines is 1. The van der Waals surface area contributed by atoms with Crippen LogP contribution in [0, 0.1) is 5.92 Å². The van der Waals surface area contributed by atoms with E-state index in [4.69, 9.17) is 13.9 Å². The fourth-order valence-electron chi connectivity index (χ4n) is 5.29. The predicted octanol–water partition coefficient (Wildman–Crippen LogP) is 2.33. The van der Waals surface area contributed by atoms with Gasteiger partial charge < -0.3 is 18.8 Å². The van der Waals surface area contributed by atoms with Gasteiger partial charge in [-0.1, -0.05) is 23.1 Å². The molecule has 3 amide bonds. The van der Waals surface area contributed by atoms with E-state index >= 15 is 0 Å². The molecule has 0 bridgehead atoms. The molecule has 2 aromatic heterocycles. The van der Waals surface area contributed by atoms with Crippen molar-refractivity contribution in [3.63, 3.8) is 0 Å². The largest absolute Gasteiger partial charge is 0.469 e. The summed E-state index contributed by atoms with van der Waals surface area (Å²) in [6, 6.07) is 9.53. The van der Waals surface area contributed by atoms with E-state index in [0.29, 0.717) is 53.2 Å². The van der Waals surface area contributed by atoms with Gasteiger partial charge in [-0.05, 0) is 43.3 Å². The van der Waals surface area contributed by atoms with Gasteiger partial charge in [-0.15, -0.1) is 0 Å². The number of benzene rings is 1. The minimum Gasteiger partial charge on any atom is -0.469 e. The van der Waals surface area contributed by atoms with E-state index in [9.17, 15) is 24.0 Å². The van der Waals surface area contributed by atoms with E-state index in [1.807, 2.05) is 0 Å². The normalized spacial score (nSPS) is 22.3. The third-order valence-corrected chi connectivity index (χ3v) is 9.80. The first-order valence-corrected chi connectivity index (χ1v) is 14.5. The first-order valence-electron chi connectivity index (χ1n) is 12.8. The average Bonchev–Trinajstić information content (AvgIpc) is 3.66. The highest BCUT2D eigenvalue weighted by atomic mass is 32.2. The lowest BCUT2D eigenvalue weighted by molar-refractivity contribution is -0.136. The van der Waals surface area contributed by atoms with Gasteiger partial charge in [0.15, 0.2) is 0 Å². The summed E-state index contributed by atoms with van der Waals surface area (Å²) >= 11 is 2.11. The molecule has 0 saturated carbocycles. The van der Waals surface area contributed by atoms with Gasteiger partial charge in [-0.2, -0.15) is 0 Å². The molecule has 40 heavy (non-hydrogen) atoms. The summed E-state index contributed by atoms with van der Waals surface area (Å²) in [5, 5.41) is -0.335. The van der Waals surface area contributed by atoms with Crippen LogP contribution in [0.25, 0.3) is 0 Å². The Hall–Kier alpha value is -3.68.